The van der Waals surface area contributed by atoms with Crippen molar-refractivity contribution in [2.24, 2.45) is 0 Å². The van der Waals surface area contributed by atoms with Crippen LogP contribution in [0.5, 0.6) is 0 Å². The SMILES string of the molecule is CNC(=O)c1ccc(NCCNCc2ncc3c4c(c(=O)[nH]c3c2F)CCC4)c(C(F)(F)F)n1. The van der Waals surface area contributed by atoms with Gasteiger partial charge in [-0.1, -0.05) is 0 Å². The summed E-state index contributed by atoms with van der Waals surface area (Å²) in [6, 6.07) is 2.33. The minimum atomic E-state index is -4.75. The van der Waals surface area contributed by atoms with Gasteiger partial charge in [0.2, 0.25) is 0 Å². The van der Waals surface area contributed by atoms with Crippen LogP contribution in [-0.4, -0.2) is 41.0 Å². The highest BCUT2D eigenvalue weighted by Crippen LogP contribution is 2.33. The van der Waals surface area contributed by atoms with Crippen LogP contribution in [0.4, 0.5) is 23.2 Å². The van der Waals surface area contributed by atoms with Crippen LogP contribution in [0.1, 0.15) is 39.4 Å². The fraction of sp³-hybridized carbons (Fsp3) is 0.364. The highest BCUT2D eigenvalue weighted by molar-refractivity contribution is 5.92. The first kappa shape index (κ1) is 23.6. The molecule has 4 rings (SSSR count). The number of alkyl halides is 3. The van der Waals surface area contributed by atoms with E-state index in [1.807, 2.05) is 0 Å². The Kier molecular flexibility index (Phi) is 6.51. The average molecular weight is 478 g/mol. The Balaban J connectivity index is 1.41. The number of carbonyl (C=O) groups excluding carboxylic acids is 1. The van der Waals surface area contributed by atoms with Gasteiger partial charge in [0, 0.05) is 43.8 Å². The summed E-state index contributed by atoms with van der Waals surface area (Å²) in [6.45, 7) is 0.278. The van der Waals surface area contributed by atoms with Gasteiger partial charge in [-0.25, -0.2) is 9.37 Å². The smallest absolute Gasteiger partial charge is 0.382 e. The first-order valence-corrected chi connectivity index (χ1v) is 10.7. The van der Waals surface area contributed by atoms with E-state index < -0.39 is 23.6 Å². The Hall–Kier alpha value is -3.54. The number of rotatable bonds is 7. The van der Waals surface area contributed by atoms with Crippen molar-refractivity contribution in [3.8, 4) is 0 Å². The molecule has 8 nitrogen and oxygen atoms in total. The van der Waals surface area contributed by atoms with Gasteiger partial charge in [0.25, 0.3) is 11.5 Å². The van der Waals surface area contributed by atoms with E-state index in [9.17, 15) is 27.2 Å². The Morgan fingerprint density at radius 1 is 1.18 bits per heavy atom. The van der Waals surface area contributed by atoms with Crippen LogP contribution < -0.4 is 21.5 Å². The fourth-order valence-corrected chi connectivity index (χ4v) is 4.05. The second kappa shape index (κ2) is 9.37. The number of aryl methyl sites for hydroxylation is 1. The van der Waals surface area contributed by atoms with E-state index in [1.54, 1.807) is 6.20 Å². The molecule has 4 N–H and O–H groups in total. The van der Waals surface area contributed by atoms with Crippen LogP contribution in [0.2, 0.25) is 0 Å². The number of H-pyrrole nitrogens is 1. The molecule has 0 unspecified atom stereocenters. The third kappa shape index (κ3) is 4.58. The van der Waals surface area contributed by atoms with Gasteiger partial charge >= 0.3 is 6.18 Å². The summed E-state index contributed by atoms with van der Waals surface area (Å²) in [5.74, 6) is -1.35. The van der Waals surface area contributed by atoms with Crippen molar-refractivity contribution in [1.82, 2.24) is 25.6 Å². The molecule has 0 aliphatic heterocycles. The molecule has 12 heteroatoms. The number of anilines is 1. The summed E-state index contributed by atoms with van der Waals surface area (Å²) in [7, 11) is 1.30. The van der Waals surface area contributed by atoms with Gasteiger partial charge in [0.15, 0.2) is 11.5 Å². The fourth-order valence-electron chi connectivity index (χ4n) is 4.05. The van der Waals surface area contributed by atoms with Crippen LogP contribution in [0, 0.1) is 5.82 Å². The van der Waals surface area contributed by atoms with Crippen molar-refractivity contribution < 1.29 is 22.4 Å². The van der Waals surface area contributed by atoms with E-state index in [1.165, 1.54) is 13.1 Å². The molecule has 34 heavy (non-hydrogen) atoms. The summed E-state index contributed by atoms with van der Waals surface area (Å²) in [4.78, 5) is 34.0. The van der Waals surface area contributed by atoms with Gasteiger partial charge in [-0.2, -0.15) is 13.2 Å². The van der Waals surface area contributed by atoms with Crippen molar-refractivity contribution in [1.29, 1.82) is 0 Å². The number of amides is 1. The molecule has 3 heterocycles. The van der Waals surface area contributed by atoms with Crippen LogP contribution in [-0.2, 0) is 25.6 Å². The molecule has 0 aromatic carbocycles. The average Bonchev–Trinajstić information content (AvgIpc) is 3.30. The zero-order chi connectivity index (χ0) is 24.5. The van der Waals surface area contributed by atoms with Crippen molar-refractivity contribution in [2.45, 2.75) is 32.0 Å². The first-order chi connectivity index (χ1) is 16.2. The quantitative estimate of drug-likeness (QED) is 0.307. The maximum absolute atomic E-state index is 15.0. The van der Waals surface area contributed by atoms with Crippen LogP contribution in [0.15, 0.2) is 23.1 Å². The lowest BCUT2D eigenvalue weighted by Gasteiger charge is -2.15. The summed E-state index contributed by atoms with van der Waals surface area (Å²) in [5.41, 5.74) is -0.381. The van der Waals surface area contributed by atoms with Crippen molar-refractivity contribution in [2.75, 3.05) is 25.5 Å². The second-order valence-electron chi connectivity index (χ2n) is 7.85. The number of halogens is 4. The highest BCUT2D eigenvalue weighted by Gasteiger charge is 2.36. The van der Waals surface area contributed by atoms with Crippen molar-refractivity contribution in [3.63, 3.8) is 0 Å². The van der Waals surface area contributed by atoms with Crippen molar-refractivity contribution in [3.05, 3.63) is 62.7 Å². The molecule has 3 aromatic rings. The van der Waals surface area contributed by atoms with E-state index in [4.69, 9.17) is 0 Å². The van der Waals surface area contributed by atoms with Crippen molar-refractivity contribution >= 4 is 22.5 Å². The van der Waals surface area contributed by atoms with Crippen LogP contribution in [0.3, 0.4) is 0 Å². The normalized spacial score (nSPS) is 13.2. The number of nitrogens with one attached hydrogen (secondary N) is 4. The number of hydrogen-bond acceptors (Lipinski definition) is 6. The summed E-state index contributed by atoms with van der Waals surface area (Å²) in [5, 5.41) is 8.38. The third-order valence-electron chi connectivity index (χ3n) is 5.68. The summed E-state index contributed by atoms with van der Waals surface area (Å²) < 4.78 is 55.0. The van der Waals surface area contributed by atoms with Gasteiger partial charge in [-0.15, -0.1) is 0 Å². The largest absolute Gasteiger partial charge is 0.435 e. The van der Waals surface area contributed by atoms with Gasteiger partial charge < -0.3 is 20.9 Å². The molecule has 0 saturated carbocycles. The maximum Gasteiger partial charge on any atom is 0.435 e. The van der Waals surface area contributed by atoms with Crippen LogP contribution >= 0.6 is 0 Å². The molecule has 3 aromatic heterocycles. The number of nitrogens with zero attached hydrogens (tertiary/aromatic N) is 2. The summed E-state index contributed by atoms with van der Waals surface area (Å²) >= 11 is 0. The monoisotopic (exact) mass is 478 g/mol. The predicted octanol–water partition coefficient (Wildman–Crippen LogP) is 2.53. The molecule has 1 aliphatic rings. The lowest BCUT2D eigenvalue weighted by atomic mass is 10.1. The van der Waals surface area contributed by atoms with E-state index in [0.717, 1.165) is 18.1 Å². The first-order valence-electron chi connectivity index (χ1n) is 10.7. The van der Waals surface area contributed by atoms with E-state index in [2.05, 4.69) is 30.9 Å². The molecule has 0 spiro atoms. The lowest BCUT2D eigenvalue weighted by Crippen LogP contribution is -2.25. The van der Waals surface area contributed by atoms with Gasteiger partial charge in [-0.05, 0) is 37.0 Å². The number of carbonyl (C=O) groups is 1. The van der Waals surface area contributed by atoms with E-state index in [-0.39, 0.29) is 47.8 Å². The number of hydrogen-bond donors (Lipinski definition) is 4. The number of fused-ring (bicyclic) bond motifs is 3. The minimum absolute atomic E-state index is 0.0164. The Labute approximate surface area is 191 Å². The molecular weight excluding hydrogens is 456 g/mol. The Morgan fingerprint density at radius 2 is 1.94 bits per heavy atom. The lowest BCUT2D eigenvalue weighted by molar-refractivity contribution is -0.140. The van der Waals surface area contributed by atoms with Gasteiger partial charge in [0.05, 0.1) is 16.9 Å². The molecule has 180 valence electrons. The predicted molar refractivity (Wildman–Crippen MR) is 117 cm³/mol. The molecule has 0 atom stereocenters. The second-order valence-corrected chi connectivity index (χ2v) is 7.85. The molecular formula is C22H22F4N6O2. The minimum Gasteiger partial charge on any atom is -0.382 e. The molecule has 0 saturated heterocycles. The third-order valence-corrected chi connectivity index (χ3v) is 5.68. The number of aromatic nitrogens is 3. The zero-order valence-electron chi connectivity index (χ0n) is 18.2. The molecule has 0 fully saturated rings. The molecule has 1 aliphatic carbocycles. The van der Waals surface area contributed by atoms with Crippen LogP contribution in [0.25, 0.3) is 10.9 Å². The maximum atomic E-state index is 15.0. The Morgan fingerprint density at radius 3 is 2.68 bits per heavy atom. The standard InChI is InChI=1S/C22H22F4N6O2/c1-27-21(34)15-6-5-14(19(31-15)22(24,25)26)29-8-7-28-10-16-17(23)18-13(9-30-16)11-3-2-4-12(11)20(33)32-18/h5-6,9,28-29H,2-4,7-8,10H2,1H3,(H,27,34)(H,32,33). The number of aromatic amines is 1. The zero-order valence-corrected chi connectivity index (χ0v) is 18.2. The molecule has 0 radical (unpaired) electrons. The van der Waals surface area contributed by atoms with E-state index >= 15 is 0 Å². The van der Waals surface area contributed by atoms with E-state index in [0.29, 0.717) is 23.8 Å². The summed E-state index contributed by atoms with van der Waals surface area (Å²) in [6.07, 6.45) is -0.995. The number of pyridine rings is 3. The topological polar surface area (TPSA) is 112 Å². The molecule has 1 amide bonds. The van der Waals surface area contributed by atoms with Gasteiger partial charge in [0.1, 0.15) is 5.69 Å². The highest BCUT2D eigenvalue weighted by atomic mass is 19.4. The molecule has 0 bridgehead atoms. The van der Waals surface area contributed by atoms with Gasteiger partial charge in [-0.3, -0.25) is 14.6 Å². The Bertz CT molecular complexity index is 1310.